The number of nitrogens with zero attached hydrogens (tertiary/aromatic N) is 4. The van der Waals surface area contributed by atoms with Crippen LogP contribution in [0.1, 0.15) is 12.5 Å². The zero-order valence-electron chi connectivity index (χ0n) is 17.3. The number of amides is 1. The van der Waals surface area contributed by atoms with Gasteiger partial charge in [0.05, 0.1) is 10.8 Å². The Morgan fingerprint density at radius 1 is 0.970 bits per heavy atom. The fourth-order valence-electron chi connectivity index (χ4n) is 3.04. The molecule has 0 spiro atoms. The van der Waals surface area contributed by atoms with Gasteiger partial charge in [-0.1, -0.05) is 30.0 Å². The lowest BCUT2D eigenvalue weighted by molar-refractivity contribution is -0.137. The van der Waals surface area contributed by atoms with Gasteiger partial charge in [0.25, 0.3) is 0 Å². The predicted molar refractivity (Wildman–Crippen MR) is 120 cm³/mol. The number of alkyl halides is 3. The third-order valence-electron chi connectivity index (χ3n) is 4.72. The van der Waals surface area contributed by atoms with Gasteiger partial charge in [0.1, 0.15) is 0 Å². The minimum atomic E-state index is -4.43. The molecule has 2 heterocycles. The van der Waals surface area contributed by atoms with E-state index in [1.54, 1.807) is 19.3 Å². The number of hydrogen-bond donors (Lipinski definition) is 1. The summed E-state index contributed by atoms with van der Waals surface area (Å²) in [5.74, 6) is 0.231. The minimum absolute atomic E-state index is 0.280. The highest BCUT2D eigenvalue weighted by atomic mass is 32.2. The zero-order valence-corrected chi connectivity index (χ0v) is 18.1. The van der Waals surface area contributed by atoms with Gasteiger partial charge in [-0.25, -0.2) is 0 Å². The van der Waals surface area contributed by atoms with Crippen LogP contribution in [0.5, 0.6) is 0 Å². The molecule has 4 aromatic rings. The van der Waals surface area contributed by atoms with Gasteiger partial charge in [0.15, 0.2) is 11.0 Å². The number of benzene rings is 2. The van der Waals surface area contributed by atoms with Crippen molar-refractivity contribution in [2.75, 3.05) is 5.32 Å². The molecule has 10 heteroatoms. The molecular weight excluding hydrogens is 451 g/mol. The highest BCUT2D eigenvalue weighted by Gasteiger charge is 2.30. The van der Waals surface area contributed by atoms with Crippen molar-refractivity contribution in [2.24, 2.45) is 0 Å². The van der Waals surface area contributed by atoms with Gasteiger partial charge in [0.2, 0.25) is 5.91 Å². The van der Waals surface area contributed by atoms with Crippen molar-refractivity contribution >= 4 is 23.4 Å². The van der Waals surface area contributed by atoms with E-state index < -0.39 is 17.0 Å². The normalized spacial score (nSPS) is 12.4. The average Bonchev–Trinajstić information content (AvgIpc) is 3.23. The Hall–Kier alpha value is -3.66. The summed E-state index contributed by atoms with van der Waals surface area (Å²) in [4.78, 5) is 16.7. The molecule has 168 valence electrons. The number of para-hydroxylation sites is 1. The number of anilines is 1. The number of nitrogens with one attached hydrogen (secondary N) is 1. The first kappa shape index (κ1) is 22.5. The van der Waals surface area contributed by atoms with E-state index in [2.05, 4.69) is 20.5 Å². The molecular formula is C23H18F3N5OS. The lowest BCUT2D eigenvalue weighted by Gasteiger charge is -2.14. The Morgan fingerprint density at radius 2 is 1.64 bits per heavy atom. The van der Waals surface area contributed by atoms with E-state index in [-0.39, 0.29) is 11.6 Å². The van der Waals surface area contributed by atoms with Gasteiger partial charge in [0, 0.05) is 29.3 Å². The number of thioether (sulfide) groups is 1. The maximum absolute atomic E-state index is 12.7. The van der Waals surface area contributed by atoms with Crippen LogP contribution in [-0.4, -0.2) is 30.9 Å². The van der Waals surface area contributed by atoms with Gasteiger partial charge >= 0.3 is 6.18 Å². The van der Waals surface area contributed by atoms with Crippen molar-refractivity contribution in [2.45, 2.75) is 23.5 Å². The summed E-state index contributed by atoms with van der Waals surface area (Å²) in [7, 11) is 0. The molecule has 4 rings (SSSR count). The number of hydrogen-bond acceptors (Lipinski definition) is 5. The zero-order chi connectivity index (χ0) is 23.4. The van der Waals surface area contributed by atoms with Crippen molar-refractivity contribution in [3.8, 4) is 17.1 Å². The largest absolute Gasteiger partial charge is 0.416 e. The summed E-state index contributed by atoms with van der Waals surface area (Å²) in [6.45, 7) is 1.69. The fraction of sp³-hybridized carbons (Fsp3) is 0.130. The first-order valence-corrected chi connectivity index (χ1v) is 10.8. The van der Waals surface area contributed by atoms with Crippen molar-refractivity contribution in [1.29, 1.82) is 0 Å². The maximum Gasteiger partial charge on any atom is 0.416 e. The standard InChI is InChI=1S/C23H18F3N5OS/c1-15(21(32)28-18-9-7-17(8-10-18)23(24,25)26)33-22-30-29-20(16-11-13-27-14-12-16)31(22)19-5-3-2-4-6-19/h2-15H,1H3,(H,28,32). The second kappa shape index (κ2) is 9.45. The minimum Gasteiger partial charge on any atom is -0.325 e. The van der Waals surface area contributed by atoms with Gasteiger partial charge < -0.3 is 5.32 Å². The molecule has 1 atom stereocenters. The quantitative estimate of drug-likeness (QED) is 0.379. The van der Waals surface area contributed by atoms with E-state index in [1.807, 2.05) is 47.0 Å². The number of halogens is 3. The Labute approximate surface area is 191 Å². The number of aromatic nitrogens is 4. The summed E-state index contributed by atoms with van der Waals surface area (Å²) in [5, 5.41) is 11.2. The SMILES string of the molecule is CC(Sc1nnc(-c2ccncc2)n1-c1ccccc1)C(=O)Nc1ccc(C(F)(F)F)cc1. The molecule has 0 aliphatic carbocycles. The van der Waals surface area contributed by atoms with E-state index in [9.17, 15) is 18.0 Å². The molecule has 0 radical (unpaired) electrons. The molecule has 0 saturated heterocycles. The summed E-state index contributed by atoms with van der Waals surface area (Å²) in [5.41, 5.74) is 1.15. The van der Waals surface area contributed by atoms with E-state index >= 15 is 0 Å². The van der Waals surface area contributed by atoms with Crippen LogP contribution in [0.25, 0.3) is 17.1 Å². The van der Waals surface area contributed by atoms with Crippen LogP contribution in [-0.2, 0) is 11.0 Å². The molecule has 1 N–H and O–H groups in total. The van der Waals surface area contributed by atoms with Crippen LogP contribution in [0.15, 0.2) is 84.3 Å². The number of rotatable bonds is 6. The fourth-order valence-corrected chi connectivity index (χ4v) is 3.91. The van der Waals surface area contributed by atoms with Crippen molar-refractivity contribution in [3.05, 3.63) is 84.7 Å². The topological polar surface area (TPSA) is 72.7 Å². The lowest BCUT2D eigenvalue weighted by Crippen LogP contribution is -2.23. The molecule has 0 saturated carbocycles. The van der Waals surface area contributed by atoms with Crippen LogP contribution in [0, 0.1) is 0 Å². The smallest absolute Gasteiger partial charge is 0.325 e. The Morgan fingerprint density at radius 3 is 2.27 bits per heavy atom. The van der Waals surface area contributed by atoms with E-state index in [0.717, 1.165) is 23.4 Å². The van der Waals surface area contributed by atoms with Gasteiger partial charge in [-0.15, -0.1) is 10.2 Å². The van der Waals surface area contributed by atoms with Crippen LogP contribution < -0.4 is 5.32 Å². The van der Waals surface area contributed by atoms with Gasteiger partial charge in [-0.05, 0) is 55.5 Å². The number of carbonyl (C=O) groups is 1. The molecule has 6 nitrogen and oxygen atoms in total. The Balaban J connectivity index is 1.56. The van der Waals surface area contributed by atoms with Crippen molar-refractivity contribution < 1.29 is 18.0 Å². The predicted octanol–water partition coefficient (Wildman–Crippen LogP) is 5.47. The molecule has 0 aliphatic rings. The maximum atomic E-state index is 12.7. The molecule has 0 bridgehead atoms. The average molecular weight is 469 g/mol. The molecule has 0 fully saturated rings. The van der Waals surface area contributed by atoms with Crippen LogP contribution in [0.2, 0.25) is 0 Å². The number of pyridine rings is 1. The van der Waals surface area contributed by atoms with Crippen LogP contribution >= 0.6 is 11.8 Å². The second-order valence-corrected chi connectivity index (χ2v) is 8.35. The molecule has 33 heavy (non-hydrogen) atoms. The summed E-state index contributed by atoms with van der Waals surface area (Å²) in [6, 6.07) is 17.4. The highest BCUT2D eigenvalue weighted by Crippen LogP contribution is 2.32. The Kier molecular flexibility index (Phi) is 6.45. The Bertz CT molecular complexity index is 1230. The highest BCUT2D eigenvalue weighted by molar-refractivity contribution is 8.00. The molecule has 1 unspecified atom stereocenters. The third kappa shape index (κ3) is 5.23. The van der Waals surface area contributed by atoms with Crippen LogP contribution in [0.4, 0.5) is 18.9 Å². The van der Waals surface area contributed by atoms with Crippen LogP contribution in [0.3, 0.4) is 0 Å². The molecule has 0 aliphatic heterocycles. The molecule has 2 aromatic carbocycles. The summed E-state index contributed by atoms with van der Waals surface area (Å²) < 4.78 is 40.1. The molecule has 1 amide bonds. The summed E-state index contributed by atoms with van der Waals surface area (Å²) in [6.07, 6.45) is -1.11. The lowest BCUT2D eigenvalue weighted by atomic mass is 10.2. The first-order valence-electron chi connectivity index (χ1n) is 9.89. The van der Waals surface area contributed by atoms with E-state index in [4.69, 9.17) is 0 Å². The first-order chi connectivity index (χ1) is 15.8. The van der Waals surface area contributed by atoms with E-state index in [0.29, 0.717) is 11.0 Å². The monoisotopic (exact) mass is 469 g/mol. The van der Waals surface area contributed by atoms with Crippen molar-refractivity contribution in [3.63, 3.8) is 0 Å². The summed E-state index contributed by atoms with van der Waals surface area (Å²) >= 11 is 1.20. The van der Waals surface area contributed by atoms with Gasteiger partial charge in [-0.2, -0.15) is 13.2 Å². The van der Waals surface area contributed by atoms with E-state index in [1.165, 1.54) is 23.9 Å². The second-order valence-electron chi connectivity index (χ2n) is 7.04. The number of carbonyl (C=O) groups excluding carboxylic acids is 1. The molecule has 2 aromatic heterocycles. The third-order valence-corrected chi connectivity index (χ3v) is 5.76. The van der Waals surface area contributed by atoms with Gasteiger partial charge in [-0.3, -0.25) is 14.3 Å². The van der Waals surface area contributed by atoms with Crippen molar-refractivity contribution in [1.82, 2.24) is 19.7 Å².